The van der Waals surface area contributed by atoms with Crippen molar-refractivity contribution in [1.29, 1.82) is 0 Å². The SMILES string of the molecule is O=C(O)CCCCNC(=O)c1ccccc1C(F)(F)F. The van der Waals surface area contributed by atoms with E-state index in [0.29, 0.717) is 12.8 Å². The molecule has 0 saturated heterocycles. The first kappa shape index (κ1) is 16.0. The topological polar surface area (TPSA) is 66.4 Å². The van der Waals surface area contributed by atoms with Gasteiger partial charge >= 0.3 is 12.1 Å². The van der Waals surface area contributed by atoms with Crippen LogP contribution in [0.15, 0.2) is 24.3 Å². The van der Waals surface area contributed by atoms with Gasteiger partial charge in [0.1, 0.15) is 0 Å². The van der Waals surface area contributed by atoms with E-state index in [2.05, 4.69) is 5.32 Å². The molecule has 1 aromatic rings. The molecule has 7 heteroatoms. The van der Waals surface area contributed by atoms with Crippen molar-refractivity contribution in [3.63, 3.8) is 0 Å². The fraction of sp³-hybridized carbons (Fsp3) is 0.385. The molecule has 0 fully saturated rings. The first-order chi connectivity index (χ1) is 9.32. The van der Waals surface area contributed by atoms with Crippen LogP contribution in [-0.2, 0) is 11.0 Å². The van der Waals surface area contributed by atoms with Gasteiger partial charge < -0.3 is 10.4 Å². The van der Waals surface area contributed by atoms with E-state index in [9.17, 15) is 22.8 Å². The highest BCUT2D eigenvalue weighted by atomic mass is 19.4. The number of unbranched alkanes of at least 4 members (excludes halogenated alkanes) is 1. The maximum Gasteiger partial charge on any atom is 0.417 e. The summed E-state index contributed by atoms with van der Waals surface area (Å²) in [7, 11) is 0. The molecule has 0 bridgehead atoms. The molecule has 0 aromatic heterocycles. The van der Waals surface area contributed by atoms with Crippen LogP contribution in [0, 0.1) is 0 Å². The number of halogens is 3. The first-order valence-electron chi connectivity index (χ1n) is 5.98. The van der Waals surface area contributed by atoms with Crippen molar-refractivity contribution in [2.75, 3.05) is 6.54 Å². The third-order valence-corrected chi connectivity index (χ3v) is 2.58. The summed E-state index contributed by atoms with van der Waals surface area (Å²) in [6.45, 7) is 0.137. The molecule has 0 aliphatic carbocycles. The number of carboxylic acids is 1. The second-order valence-electron chi connectivity index (χ2n) is 4.15. The second kappa shape index (κ2) is 6.93. The molecular formula is C13H14F3NO3. The Morgan fingerprint density at radius 3 is 2.40 bits per heavy atom. The van der Waals surface area contributed by atoms with E-state index in [0.717, 1.165) is 12.1 Å². The van der Waals surface area contributed by atoms with Gasteiger partial charge in [0, 0.05) is 13.0 Å². The Bertz CT molecular complexity index is 486. The summed E-state index contributed by atoms with van der Waals surface area (Å²) in [5, 5.41) is 10.8. The van der Waals surface area contributed by atoms with Crippen molar-refractivity contribution in [2.24, 2.45) is 0 Å². The van der Waals surface area contributed by atoms with Crippen LogP contribution in [0.4, 0.5) is 13.2 Å². The highest BCUT2D eigenvalue weighted by molar-refractivity contribution is 5.95. The minimum atomic E-state index is -4.59. The predicted octanol–water partition coefficient (Wildman–Crippen LogP) is 2.69. The molecule has 0 unspecified atom stereocenters. The Balaban J connectivity index is 2.58. The number of aliphatic carboxylic acids is 1. The van der Waals surface area contributed by atoms with Crippen molar-refractivity contribution >= 4 is 11.9 Å². The van der Waals surface area contributed by atoms with Gasteiger partial charge in [-0.15, -0.1) is 0 Å². The molecule has 0 spiro atoms. The molecule has 0 saturated carbocycles. The van der Waals surface area contributed by atoms with Gasteiger partial charge in [0.05, 0.1) is 11.1 Å². The molecule has 2 N–H and O–H groups in total. The number of carbonyl (C=O) groups excluding carboxylic acids is 1. The van der Waals surface area contributed by atoms with Gasteiger partial charge in [0.25, 0.3) is 5.91 Å². The zero-order chi connectivity index (χ0) is 15.2. The van der Waals surface area contributed by atoms with Gasteiger partial charge in [-0.1, -0.05) is 12.1 Å². The van der Waals surface area contributed by atoms with Crippen LogP contribution in [0.2, 0.25) is 0 Å². The summed E-state index contributed by atoms with van der Waals surface area (Å²) in [6.07, 6.45) is -3.87. The highest BCUT2D eigenvalue weighted by Crippen LogP contribution is 2.31. The maximum absolute atomic E-state index is 12.7. The number of alkyl halides is 3. The van der Waals surface area contributed by atoms with Gasteiger partial charge in [-0.05, 0) is 25.0 Å². The minimum absolute atomic E-state index is 0.0327. The number of benzene rings is 1. The Morgan fingerprint density at radius 2 is 1.80 bits per heavy atom. The summed E-state index contributed by atoms with van der Waals surface area (Å²) in [4.78, 5) is 21.9. The average Bonchev–Trinajstić information content (AvgIpc) is 2.36. The van der Waals surface area contributed by atoms with E-state index in [1.807, 2.05) is 0 Å². The smallest absolute Gasteiger partial charge is 0.417 e. The third kappa shape index (κ3) is 4.91. The summed E-state index contributed by atoms with van der Waals surface area (Å²) in [5.41, 5.74) is -1.42. The molecule has 0 aliphatic heterocycles. The molecule has 0 atom stereocenters. The Hall–Kier alpha value is -2.05. The number of rotatable bonds is 6. The van der Waals surface area contributed by atoms with Gasteiger partial charge in [-0.3, -0.25) is 9.59 Å². The van der Waals surface area contributed by atoms with E-state index in [1.165, 1.54) is 12.1 Å². The first-order valence-corrected chi connectivity index (χ1v) is 5.98. The quantitative estimate of drug-likeness (QED) is 0.791. The average molecular weight is 289 g/mol. The number of carboxylic acid groups (broad SMARTS) is 1. The molecule has 0 radical (unpaired) electrons. The molecule has 1 aromatic carbocycles. The lowest BCUT2D eigenvalue weighted by Gasteiger charge is -2.12. The van der Waals surface area contributed by atoms with Crippen molar-refractivity contribution in [3.8, 4) is 0 Å². The van der Waals surface area contributed by atoms with Gasteiger partial charge in [0.15, 0.2) is 0 Å². The molecule has 110 valence electrons. The summed E-state index contributed by atoms with van der Waals surface area (Å²) in [5.74, 6) is -1.76. The highest BCUT2D eigenvalue weighted by Gasteiger charge is 2.34. The Kier molecular flexibility index (Phi) is 5.54. The normalized spacial score (nSPS) is 11.2. The van der Waals surface area contributed by atoms with Crippen LogP contribution in [0.1, 0.15) is 35.2 Å². The van der Waals surface area contributed by atoms with Crippen molar-refractivity contribution in [3.05, 3.63) is 35.4 Å². The fourth-order valence-electron chi connectivity index (χ4n) is 1.63. The molecule has 0 aliphatic rings. The van der Waals surface area contributed by atoms with Crippen LogP contribution in [0.25, 0.3) is 0 Å². The largest absolute Gasteiger partial charge is 0.481 e. The van der Waals surface area contributed by atoms with Gasteiger partial charge in [-0.25, -0.2) is 0 Å². The zero-order valence-corrected chi connectivity index (χ0v) is 10.5. The molecule has 0 heterocycles. The fourth-order valence-corrected chi connectivity index (χ4v) is 1.63. The van der Waals surface area contributed by atoms with Crippen molar-refractivity contribution in [2.45, 2.75) is 25.4 Å². The molecular weight excluding hydrogens is 275 g/mol. The van der Waals surface area contributed by atoms with Crippen LogP contribution < -0.4 is 5.32 Å². The molecule has 4 nitrogen and oxygen atoms in total. The molecule has 1 rings (SSSR count). The lowest BCUT2D eigenvalue weighted by atomic mass is 10.1. The van der Waals surface area contributed by atoms with Crippen molar-refractivity contribution in [1.82, 2.24) is 5.32 Å². The standard InChI is InChI=1S/C13H14F3NO3/c14-13(15,16)10-6-2-1-5-9(10)12(20)17-8-4-3-7-11(18)19/h1-2,5-6H,3-4,7-8H2,(H,17,20)(H,18,19). The number of amides is 1. The second-order valence-corrected chi connectivity index (χ2v) is 4.15. The summed E-state index contributed by atoms with van der Waals surface area (Å²) < 4.78 is 38.1. The monoisotopic (exact) mass is 289 g/mol. The van der Waals surface area contributed by atoms with Crippen LogP contribution in [0.3, 0.4) is 0 Å². The summed E-state index contributed by atoms with van der Waals surface area (Å²) in [6, 6.07) is 4.52. The van der Waals surface area contributed by atoms with E-state index in [1.54, 1.807) is 0 Å². The maximum atomic E-state index is 12.7. The number of carbonyl (C=O) groups is 2. The summed E-state index contributed by atoms with van der Waals surface area (Å²) >= 11 is 0. The van der Waals surface area contributed by atoms with E-state index in [-0.39, 0.29) is 13.0 Å². The van der Waals surface area contributed by atoms with Crippen LogP contribution in [-0.4, -0.2) is 23.5 Å². The lowest BCUT2D eigenvalue weighted by molar-refractivity contribution is -0.138. The minimum Gasteiger partial charge on any atom is -0.481 e. The van der Waals surface area contributed by atoms with Crippen LogP contribution >= 0.6 is 0 Å². The van der Waals surface area contributed by atoms with Gasteiger partial charge in [-0.2, -0.15) is 13.2 Å². The van der Waals surface area contributed by atoms with Crippen LogP contribution in [0.5, 0.6) is 0 Å². The van der Waals surface area contributed by atoms with Crippen molar-refractivity contribution < 1.29 is 27.9 Å². The predicted molar refractivity (Wildman–Crippen MR) is 65.3 cm³/mol. The van der Waals surface area contributed by atoms with E-state index in [4.69, 9.17) is 5.11 Å². The Labute approximate surface area is 113 Å². The number of nitrogens with one attached hydrogen (secondary N) is 1. The lowest BCUT2D eigenvalue weighted by Crippen LogP contribution is -2.27. The third-order valence-electron chi connectivity index (χ3n) is 2.58. The number of hydrogen-bond donors (Lipinski definition) is 2. The number of hydrogen-bond acceptors (Lipinski definition) is 2. The van der Waals surface area contributed by atoms with Gasteiger partial charge in [0.2, 0.25) is 0 Å². The van der Waals surface area contributed by atoms with E-state index < -0.39 is 29.2 Å². The zero-order valence-electron chi connectivity index (χ0n) is 10.5. The molecule has 20 heavy (non-hydrogen) atoms. The van der Waals surface area contributed by atoms with E-state index >= 15 is 0 Å². The Morgan fingerprint density at radius 1 is 1.15 bits per heavy atom. The molecule has 1 amide bonds.